The van der Waals surface area contributed by atoms with Crippen LogP contribution in [0.25, 0.3) is 0 Å². The third-order valence-electron chi connectivity index (χ3n) is 2.18. The molecule has 0 aliphatic carbocycles. The van der Waals surface area contributed by atoms with Crippen molar-refractivity contribution in [2.45, 2.75) is 32.1 Å². The maximum Gasteiger partial charge on any atom is 0.123 e. The van der Waals surface area contributed by atoms with Gasteiger partial charge in [-0.25, -0.2) is 0 Å². The fourth-order valence-corrected chi connectivity index (χ4v) is 1.41. The molecular formula is C12H15NO. The average molecular weight is 189 g/mol. The van der Waals surface area contributed by atoms with Crippen molar-refractivity contribution >= 4 is 6.21 Å². The largest absolute Gasteiger partial charge is 0.358 e. The number of hydrogen-bond donors (Lipinski definition) is 0. The lowest BCUT2D eigenvalue weighted by Crippen LogP contribution is -1.95. The normalized spacial score (nSPS) is 25.9. The van der Waals surface area contributed by atoms with Crippen molar-refractivity contribution in [3.05, 3.63) is 35.9 Å². The molecule has 2 nitrogen and oxygen atoms in total. The van der Waals surface area contributed by atoms with Crippen LogP contribution in [0.1, 0.15) is 25.5 Å². The molecule has 1 saturated heterocycles. The van der Waals surface area contributed by atoms with E-state index in [0.29, 0.717) is 6.04 Å². The van der Waals surface area contributed by atoms with Gasteiger partial charge < -0.3 is 4.74 Å². The fourth-order valence-electron chi connectivity index (χ4n) is 1.41. The Balaban J connectivity index is 1.94. The first-order valence-electron chi connectivity index (χ1n) is 5.01. The van der Waals surface area contributed by atoms with E-state index in [0.717, 1.165) is 0 Å². The van der Waals surface area contributed by atoms with Gasteiger partial charge in [-0.1, -0.05) is 30.3 Å². The molecule has 0 saturated carbocycles. The summed E-state index contributed by atoms with van der Waals surface area (Å²) in [6.07, 6.45) is 2.35. The molecule has 1 aromatic rings. The molecular weight excluding hydrogens is 174 g/mol. The van der Waals surface area contributed by atoms with Crippen molar-refractivity contribution in [2.75, 3.05) is 0 Å². The van der Waals surface area contributed by atoms with E-state index in [1.54, 1.807) is 0 Å². The van der Waals surface area contributed by atoms with Gasteiger partial charge in [0.2, 0.25) is 0 Å². The topological polar surface area (TPSA) is 24.9 Å². The van der Waals surface area contributed by atoms with Crippen LogP contribution >= 0.6 is 0 Å². The minimum atomic E-state index is 0.194. The summed E-state index contributed by atoms with van der Waals surface area (Å²) < 4.78 is 5.50. The molecule has 14 heavy (non-hydrogen) atoms. The van der Waals surface area contributed by atoms with Crippen LogP contribution in [0.3, 0.4) is 0 Å². The zero-order chi connectivity index (χ0) is 9.97. The van der Waals surface area contributed by atoms with E-state index in [9.17, 15) is 0 Å². The second-order valence-corrected chi connectivity index (χ2v) is 3.82. The molecule has 1 aromatic carbocycles. The van der Waals surface area contributed by atoms with Crippen LogP contribution in [0.4, 0.5) is 0 Å². The van der Waals surface area contributed by atoms with Crippen LogP contribution in [-0.2, 0) is 4.74 Å². The number of epoxide rings is 1. The van der Waals surface area contributed by atoms with Crippen LogP contribution in [-0.4, -0.2) is 18.4 Å². The summed E-state index contributed by atoms with van der Waals surface area (Å²) in [6.45, 7) is 4.13. The molecule has 2 atom stereocenters. The Kier molecular flexibility index (Phi) is 2.64. The van der Waals surface area contributed by atoms with Crippen molar-refractivity contribution in [3.8, 4) is 0 Å². The SMILES string of the molecule is CC(C)N=CC1OC1c1ccccc1. The molecule has 2 rings (SSSR count). The van der Waals surface area contributed by atoms with E-state index < -0.39 is 0 Å². The summed E-state index contributed by atoms with van der Waals surface area (Å²) in [5.41, 5.74) is 1.24. The van der Waals surface area contributed by atoms with Gasteiger partial charge in [0.15, 0.2) is 0 Å². The molecule has 1 aliphatic heterocycles. The minimum Gasteiger partial charge on any atom is -0.358 e. The molecule has 0 aromatic heterocycles. The Labute approximate surface area is 84.6 Å². The zero-order valence-electron chi connectivity index (χ0n) is 8.55. The van der Waals surface area contributed by atoms with E-state index >= 15 is 0 Å². The van der Waals surface area contributed by atoms with Gasteiger partial charge in [0.05, 0.1) is 0 Å². The van der Waals surface area contributed by atoms with Gasteiger partial charge in [-0.2, -0.15) is 0 Å². The summed E-state index contributed by atoms with van der Waals surface area (Å²) in [5, 5.41) is 0. The van der Waals surface area contributed by atoms with Crippen molar-refractivity contribution in [1.29, 1.82) is 0 Å². The summed E-state index contributed by atoms with van der Waals surface area (Å²) in [5.74, 6) is 0. The van der Waals surface area contributed by atoms with Gasteiger partial charge in [0.1, 0.15) is 12.2 Å². The lowest BCUT2D eigenvalue weighted by molar-refractivity contribution is 0.401. The first-order valence-corrected chi connectivity index (χ1v) is 5.01. The maximum atomic E-state index is 5.50. The highest BCUT2D eigenvalue weighted by Crippen LogP contribution is 2.37. The molecule has 2 unspecified atom stereocenters. The lowest BCUT2D eigenvalue weighted by atomic mass is 10.1. The second-order valence-electron chi connectivity index (χ2n) is 3.82. The molecule has 1 heterocycles. The standard InChI is InChI=1S/C12H15NO/c1-9(2)13-8-11-12(14-11)10-6-4-3-5-7-10/h3-9,11-12H,1-2H3. The van der Waals surface area contributed by atoms with Crippen LogP contribution in [0, 0.1) is 0 Å². The van der Waals surface area contributed by atoms with E-state index in [-0.39, 0.29) is 12.2 Å². The summed E-state index contributed by atoms with van der Waals surface area (Å²) in [4.78, 5) is 4.31. The van der Waals surface area contributed by atoms with Crippen LogP contribution in [0.5, 0.6) is 0 Å². The van der Waals surface area contributed by atoms with E-state index in [2.05, 4.69) is 31.0 Å². The Morgan fingerprint density at radius 2 is 2.00 bits per heavy atom. The Morgan fingerprint density at radius 3 is 2.64 bits per heavy atom. The summed E-state index contributed by atoms with van der Waals surface area (Å²) in [6, 6.07) is 10.6. The lowest BCUT2D eigenvalue weighted by Gasteiger charge is -1.93. The number of rotatable bonds is 3. The quantitative estimate of drug-likeness (QED) is 0.530. The highest BCUT2D eigenvalue weighted by Gasteiger charge is 2.38. The van der Waals surface area contributed by atoms with Gasteiger partial charge in [-0.3, -0.25) is 4.99 Å². The molecule has 74 valence electrons. The van der Waals surface area contributed by atoms with E-state index in [4.69, 9.17) is 4.74 Å². The van der Waals surface area contributed by atoms with Crippen molar-refractivity contribution < 1.29 is 4.74 Å². The smallest absolute Gasteiger partial charge is 0.123 e. The number of aliphatic imine (C=N–C) groups is 1. The van der Waals surface area contributed by atoms with Crippen molar-refractivity contribution in [1.82, 2.24) is 0 Å². The molecule has 0 radical (unpaired) electrons. The highest BCUT2D eigenvalue weighted by atomic mass is 16.6. The summed E-state index contributed by atoms with van der Waals surface area (Å²) >= 11 is 0. The molecule has 0 N–H and O–H groups in total. The first kappa shape index (κ1) is 9.41. The van der Waals surface area contributed by atoms with Crippen LogP contribution in [0.2, 0.25) is 0 Å². The first-order chi connectivity index (χ1) is 6.77. The van der Waals surface area contributed by atoms with Gasteiger partial charge in [-0.05, 0) is 19.4 Å². The second kappa shape index (κ2) is 3.93. The Bertz CT molecular complexity index is 318. The molecule has 0 amide bonds. The van der Waals surface area contributed by atoms with Crippen molar-refractivity contribution in [2.24, 2.45) is 4.99 Å². The maximum absolute atomic E-state index is 5.50. The van der Waals surface area contributed by atoms with Crippen LogP contribution in [0.15, 0.2) is 35.3 Å². The van der Waals surface area contributed by atoms with Crippen molar-refractivity contribution in [3.63, 3.8) is 0 Å². The van der Waals surface area contributed by atoms with E-state index in [1.165, 1.54) is 5.56 Å². The Hall–Kier alpha value is -1.15. The minimum absolute atomic E-state index is 0.194. The number of benzene rings is 1. The number of ether oxygens (including phenoxy) is 1. The molecule has 1 aliphatic rings. The third kappa shape index (κ3) is 2.20. The zero-order valence-corrected chi connectivity index (χ0v) is 8.55. The van der Waals surface area contributed by atoms with Gasteiger partial charge in [0, 0.05) is 12.3 Å². The van der Waals surface area contributed by atoms with E-state index in [1.807, 2.05) is 24.4 Å². The highest BCUT2D eigenvalue weighted by molar-refractivity contribution is 5.68. The third-order valence-corrected chi connectivity index (χ3v) is 2.18. The van der Waals surface area contributed by atoms with Crippen LogP contribution < -0.4 is 0 Å². The molecule has 1 fully saturated rings. The van der Waals surface area contributed by atoms with Gasteiger partial charge >= 0.3 is 0 Å². The van der Waals surface area contributed by atoms with Gasteiger partial charge in [0.25, 0.3) is 0 Å². The number of hydrogen-bond acceptors (Lipinski definition) is 2. The molecule has 2 heteroatoms. The number of nitrogens with zero attached hydrogens (tertiary/aromatic N) is 1. The fraction of sp³-hybridized carbons (Fsp3) is 0.417. The Morgan fingerprint density at radius 1 is 1.29 bits per heavy atom. The molecule has 0 bridgehead atoms. The predicted molar refractivity (Wildman–Crippen MR) is 57.7 cm³/mol. The summed E-state index contributed by atoms with van der Waals surface area (Å²) in [7, 11) is 0. The monoisotopic (exact) mass is 189 g/mol. The average Bonchev–Trinajstić information content (AvgIpc) is 2.95. The molecule has 0 spiro atoms. The van der Waals surface area contributed by atoms with Gasteiger partial charge in [-0.15, -0.1) is 0 Å². The predicted octanol–water partition coefficient (Wildman–Crippen LogP) is 2.61.